The lowest BCUT2D eigenvalue weighted by Crippen LogP contribution is -2.45. The molecule has 0 aliphatic rings. The second-order valence-electron chi connectivity index (χ2n) is 6.84. The number of hydrogen-bond acceptors (Lipinski definition) is 4. The van der Waals surface area contributed by atoms with Crippen LogP contribution in [-0.2, 0) is 21.2 Å². The highest BCUT2D eigenvalue weighted by Crippen LogP contribution is 2.31. The molecule has 1 atom stereocenters. The molecular weight excluding hydrogens is 412 g/mol. The molecule has 0 saturated heterocycles. The molecule has 0 saturated carbocycles. The number of methoxy groups -OCH3 is 1. The molecule has 0 unspecified atom stereocenters. The first-order valence-electron chi connectivity index (χ1n) is 9.40. The predicted octanol–water partition coefficient (Wildman–Crippen LogP) is 4.48. The molecule has 0 bridgehead atoms. The van der Waals surface area contributed by atoms with Crippen molar-refractivity contribution in [2.75, 3.05) is 23.0 Å². The van der Waals surface area contributed by atoms with Crippen molar-refractivity contribution in [1.29, 1.82) is 0 Å². The molecule has 6 nitrogen and oxygen atoms in total. The number of ether oxygens (including phenoxy) is 1. The topological polar surface area (TPSA) is 75.7 Å². The Bertz CT molecular complexity index is 946. The highest BCUT2D eigenvalue weighted by molar-refractivity contribution is 7.92. The fraction of sp³-hybridized carbons (Fsp3) is 0.381. The number of nitrogens with zero attached hydrogens (tertiary/aromatic N) is 1. The van der Waals surface area contributed by atoms with Crippen molar-refractivity contribution in [3.63, 3.8) is 0 Å². The van der Waals surface area contributed by atoms with E-state index in [-0.39, 0.29) is 10.7 Å². The van der Waals surface area contributed by atoms with E-state index in [1.165, 1.54) is 25.7 Å². The van der Waals surface area contributed by atoms with Gasteiger partial charge in [0.15, 0.2) is 0 Å². The molecule has 2 aromatic rings. The molecular formula is C21H27ClN2O4S. The van der Waals surface area contributed by atoms with Crippen LogP contribution in [0.4, 0.5) is 11.4 Å². The Morgan fingerprint density at radius 3 is 2.38 bits per heavy atom. The highest BCUT2D eigenvalue weighted by Gasteiger charge is 2.29. The van der Waals surface area contributed by atoms with Gasteiger partial charge in [-0.25, -0.2) is 8.42 Å². The molecule has 0 radical (unpaired) electrons. The third-order valence-electron chi connectivity index (χ3n) is 4.52. The molecule has 2 aromatic carbocycles. The minimum Gasteiger partial charge on any atom is -0.495 e. The summed E-state index contributed by atoms with van der Waals surface area (Å²) in [4.78, 5) is 12.8. The minimum absolute atomic E-state index is 0.258. The van der Waals surface area contributed by atoms with Gasteiger partial charge >= 0.3 is 0 Å². The van der Waals surface area contributed by atoms with Crippen LogP contribution in [0.1, 0.15) is 32.3 Å². The zero-order chi connectivity index (χ0) is 21.6. The zero-order valence-corrected chi connectivity index (χ0v) is 18.7. The van der Waals surface area contributed by atoms with Crippen molar-refractivity contribution in [1.82, 2.24) is 0 Å². The van der Waals surface area contributed by atoms with Gasteiger partial charge in [0.25, 0.3) is 0 Å². The van der Waals surface area contributed by atoms with Crippen LogP contribution in [-0.4, -0.2) is 33.7 Å². The van der Waals surface area contributed by atoms with Crippen molar-refractivity contribution in [3.05, 3.63) is 53.1 Å². The summed E-state index contributed by atoms with van der Waals surface area (Å²) in [6.07, 6.45) is 4.27. The number of carbonyl (C=O) groups excluding carboxylic acids is 1. The molecule has 0 fully saturated rings. The lowest BCUT2D eigenvalue weighted by molar-refractivity contribution is -0.116. The fourth-order valence-electron chi connectivity index (χ4n) is 2.98. The number of halogens is 1. The third-order valence-corrected chi connectivity index (χ3v) is 6.06. The van der Waals surface area contributed by atoms with E-state index in [0.717, 1.165) is 29.8 Å². The van der Waals surface area contributed by atoms with Gasteiger partial charge in [-0.3, -0.25) is 9.10 Å². The summed E-state index contributed by atoms with van der Waals surface area (Å²) in [5.74, 6) is -0.0205. The van der Waals surface area contributed by atoms with Crippen LogP contribution >= 0.6 is 11.6 Å². The van der Waals surface area contributed by atoms with Crippen molar-refractivity contribution in [2.24, 2.45) is 0 Å². The van der Waals surface area contributed by atoms with Crippen LogP contribution in [0.15, 0.2) is 42.5 Å². The Balaban J connectivity index is 2.22. The maximum atomic E-state index is 12.8. The van der Waals surface area contributed by atoms with E-state index in [2.05, 4.69) is 12.2 Å². The summed E-state index contributed by atoms with van der Waals surface area (Å²) in [6.45, 7) is 3.67. The summed E-state index contributed by atoms with van der Waals surface area (Å²) in [5, 5.41) is 3.04. The Morgan fingerprint density at radius 1 is 1.21 bits per heavy atom. The van der Waals surface area contributed by atoms with E-state index in [9.17, 15) is 13.2 Å². The van der Waals surface area contributed by atoms with E-state index in [1.54, 1.807) is 12.1 Å². The fourth-order valence-corrected chi connectivity index (χ4v) is 4.40. The zero-order valence-electron chi connectivity index (χ0n) is 17.1. The summed E-state index contributed by atoms with van der Waals surface area (Å²) >= 11 is 6.14. The predicted molar refractivity (Wildman–Crippen MR) is 118 cm³/mol. The number of unbranched alkanes of at least 4 members (excludes halogenated alkanes) is 1. The molecule has 8 heteroatoms. The summed E-state index contributed by atoms with van der Waals surface area (Å²) < 4.78 is 31.0. The molecule has 158 valence electrons. The molecule has 0 heterocycles. The standard InChI is InChI=1S/C21H27ClN2O4S/c1-5-6-7-16-8-10-17(11-9-16)23-21(25)15(2)24(29(4,26)27)18-12-13-20(28-3)19(22)14-18/h8-15H,5-7H2,1-4H3,(H,23,25)/t15-/m1/s1. The van der Waals surface area contributed by atoms with Crippen molar-refractivity contribution in [3.8, 4) is 5.75 Å². The highest BCUT2D eigenvalue weighted by atomic mass is 35.5. The smallest absolute Gasteiger partial charge is 0.247 e. The van der Waals surface area contributed by atoms with Gasteiger partial charge in [0.2, 0.25) is 15.9 Å². The average molecular weight is 439 g/mol. The molecule has 0 spiro atoms. The average Bonchev–Trinajstić information content (AvgIpc) is 2.66. The van der Waals surface area contributed by atoms with Crippen molar-refractivity contribution in [2.45, 2.75) is 39.2 Å². The summed E-state index contributed by atoms with van der Waals surface area (Å²) in [6, 6.07) is 11.2. The lowest BCUT2D eigenvalue weighted by Gasteiger charge is -2.28. The number of benzene rings is 2. The normalized spacial score (nSPS) is 12.3. The van der Waals surface area contributed by atoms with Gasteiger partial charge in [0.1, 0.15) is 11.8 Å². The first-order chi connectivity index (χ1) is 13.7. The number of carbonyl (C=O) groups is 1. The SMILES string of the molecule is CCCCc1ccc(NC(=O)[C@@H](C)N(c2ccc(OC)c(Cl)c2)S(C)(=O)=O)cc1. The molecule has 0 aliphatic heterocycles. The number of anilines is 2. The van der Waals surface area contributed by atoms with E-state index >= 15 is 0 Å². The number of sulfonamides is 1. The maximum absolute atomic E-state index is 12.8. The Morgan fingerprint density at radius 2 is 1.86 bits per heavy atom. The number of aryl methyl sites for hydroxylation is 1. The van der Waals surface area contributed by atoms with Crippen LogP contribution in [0, 0.1) is 0 Å². The first-order valence-corrected chi connectivity index (χ1v) is 11.6. The second-order valence-corrected chi connectivity index (χ2v) is 9.11. The number of rotatable bonds is 9. The molecule has 1 N–H and O–H groups in total. The molecule has 0 aliphatic carbocycles. The van der Waals surface area contributed by atoms with Crippen molar-refractivity contribution < 1.29 is 17.9 Å². The lowest BCUT2D eigenvalue weighted by atomic mass is 10.1. The summed E-state index contributed by atoms with van der Waals surface area (Å²) in [5.41, 5.74) is 2.10. The molecule has 29 heavy (non-hydrogen) atoms. The van der Waals surface area contributed by atoms with Gasteiger partial charge in [0.05, 0.1) is 24.1 Å². The Labute approximate surface area is 177 Å². The van der Waals surface area contributed by atoms with E-state index in [0.29, 0.717) is 11.4 Å². The van der Waals surface area contributed by atoms with Crippen molar-refractivity contribution >= 4 is 38.9 Å². The third kappa shape index (κ3) is 6.11. The molecule has 0 aromatic heterocycles. The molecule has 2 rings (SSSR count). The first kappa shape index (κ1) is 23.0. The van der Waals surface area contributed by atoms with Crippen LogP contribution in [0.25, 0.3) is 0 Å². The Hall–Kier alpha value is -2.25. The maximum Gasteiger partial charge on any atom is 0.247 e. The van der Waals surface area contributed by atoms with E-state index in [4.69, 9.17) is 16.3 Å². The van der Waals surface area contributed by atoms with Gasteiger partial charge < -0.3 is 10.1 Å². The number of amides is 1. The van der Waals surface area contributed by atoms with E-state index < -0.39 is 22.0 Å². The molecule has 1 amide bonds. The Kier molecular flexibility index (Phi) is 7.93. The number of nitrogens with one attached hydrogen (secondary N) is 1. The largest absolute Gasteiger partial charge is 0.495 e. The van der Waals surface area contributed by atoms with Gasteiger partial charge in [-0.15, -0.1) is 0 Å². The quantitative estimate of drug-likeness (QED) is 0.626. The van der Waals surface area contributed by atoms with Crippen LogP contribution in [0.2, 0.25) is 5.02 Å². The minimum atomic E-state index is -3.73. The van der Waals surface area contributed by atoms with Crippen LogP contribution < -0.4 is 14.4 Å². The summed E-state index contributed by atoms with van der Waals surface area (Å²) in [7, 11) is -2.26. The van der Waals surface area contributed by atoms with E-state index in [1.807, 2.05) is 24.3 Å². The van der Waals surface area contributed by atoms with Gasteiger partial charge in [0, 0.05) is 5.69 Å². The van der Waals surface area contributed by atoms with Gasteiger partial charge in [-0.05, 0) is 55.7 Å². The number of hydrogen-bond donors (Lipinski definition) is 1. The monoisotopic (exact) mass is 438 g/mol. The second kappa shape index (κ2) is 9.98. The van der Waals surface area contributed by atoms with Gasteiger partial charge in [-0.1, -0.05) is 37.1 Å². The van der Waals surface area contributed by atoms with Crippen LogP contribution in [0.5, 0.6) is 5.75 Å². The van der Waals surface area contributed by atoms with Crippen LogP contribution in [0.3, 0.4) is 0 Å². The van der Waals surface area contributed by atoms with Gasteiger partial charge in [-0.2, -0.15) is 0 Å².